The van der Waals surface area contributed by atoms with Gasteiger partial charge in [-0.05, 0) is 31.8 Å². The Bertz CT molecular complexity index is 1030. The van der Waals surface area contributed by atoms with Crippen LogP contribution in [-0.4, -0.2) is 47.6 Å². The summed E-state index contributed by atoms with van der Waals surface area (Å²) in [4.78, 5) is 4.60. The van der Waals surface area contributed by atoms with Crippen molar-refractivity contribution in [1.29, 1.82) is 0 Å². The number of anilines is 1. The van der Waals surface area contributed by atoms with Gasteiger partial charge < -0.3 is 9.80 Å². The summed E-state index contributed by atoms with van der Waals surface area (Å²) >= 11 is 0. The molecule has 6 heteroatoms. The topological polar surface area (TPSA) is 52.7 Å². The number of rotatable bonds is 8. The van der Waals surface area contributed by atoms with Crippen LogP contribution in [0.4, 0.5) is 5.69 Å². The molecule has 0 unspecified atom stereocenters. The molecule has 3 rings (SSSR count). The molecule has 3 aromatic rings. The van der Waals surface area contributed by atoms with Crippen LogP contribution >= 0.6 is 0 Å². The first-order chi connectivity index (χ1) is 13.4. The van der Waals surface area contributed by atoms with E-state index in [1.54, 1.807) is 6.07 Å². The van der Waals surface area contributed by atoms with E-state index in [1.807, 2.05) is 81.8 Å². The van der Waals surface area contributed by atoms with E-state index in [0.717, 1.165) is 35.1 Å². The number of nitrogens with zero attached hydrogens (tertiary/aromatic N) is 2. The minimum Gasteiger partial charge on any atom is -0.373 e. The molecule has 0 aliphatic carbocycles. The normalized spacial score (nSPS) is 11.9. The Hall–Kier alpha value is -2.41. The molecule has 0 bridgehead atoms. The Morgan fingerprint density at radius 1 is 0.786 bits per heavy atom. The highest BCUT2D eigenvalue weighted by molar-refractivity contribution is 7.89. The Morgan fingerprint density at radius 3 is 2.18 bits per heavy atom. The average molecular weight is 398 g/mol. The van der Waals surface area contributed by atoms with E-state index < -0.39 is 10.0 Å². The van der Waals surface area contributed by atoms with Crippen molar-refractivity contribution < 1.29 is 8.42 Å². The van der Waals surface area contributed by atoms with Crippen LogP contribution in [0, 0.1) is 0 Å². The third kappa shape index (κ3) is 4.70. The SMILES string of the molecule is CN(C)CCN(C)c1cccc2c(S(=O)(=O)NCc3ccccc3)cccc12. The van der Waals surface area contributed by atoms with Crippen LogP contribution in [0.5, 0.6) is 0 Å². The van der Waals surface area contributed by atoms with Gasteiger partial charge in [-0.3, -0.25) is 0 Å². The minimum atomic E-state index is -3.63. The van der Waals surface area contributed by atoms with Gasteiger partial charge in [0.05, 0.1) is 4.90 Å². The van der Waals surface area contributed by atoms with E-state index in [9.17, 15) is 8.42 Å². The van der Waals surface area contributed by atoms with Crippen molar-refractivity contribution in [2.75, 3.05) is 39.1 Å². The number of likely N-dealkylation sites (N-methyl/N-ethyl adjacent to an activating group) is 2. The van der Waals surface area contributed by atoms with E-state index in [0.29, 0.717) is 4.90 Å². The number of sulfonamides is 1. The minimum absolute atomic E-state index is 0.266. The summed E-state index contributed by atoms with van der Waals surface area (Å²) in [5, 5.41) is 1.67. The smallest absolute Gasteiger partial charge is 0.241 e. The van der Waals surface area contributed by atoms with Crippen molar-refractivity contribution in [2.45, 2.75) is 11.4 Å². The molecule has 0 radical (unpaired) electrons. The van der Waals surface area contributed by atoms with Gasteiger partial charge in [-0.25, -0.2) is 13.1 Å². The lowest BCUT2D eigenvalue weighted by Gasteiger charge is -2.23. The van der Waals surface area contributed by atoms with Crippen molar-refractivity contribution in [3.63, 3.8) is 0 Å². The highest BCUT2D eigenvalue weighted by Crippen LogP contribution is 2.30. The first kappa shape index (κ1) is 20.3. The molecule has 0 spiro atoms. The van der Waals surface area contributed by atoms with Crippen molar-refractivity contribution >= 4 is 26.5 Å². The maximum Gasteiger partial charge on any atom is 0.241 e. The van der Waals surface area contributed by atoms with Crippen LogP contribution < -0.4 is 9.62 Å². The van der Waals surface area contributed by atoms with Crippen molar-refractivity contribution in [2.24, 2.45) is 0 Å². The zero-order valence-electron chi connectivity index (χ0n) is 16.6. The molecule has 0 aliphatic heterocycles. The second-order valence-corrected chi connectivity index (χ2v) is 8.90. The average Bonchev–Trinajstić information content (AvgIpc) is 2.70. The predicted octanol–water partition coefficient (Wildman–Crippen LogP) is 3.32. The van der Waals surface area contributed by atoms with Gasteiger partial charge in [-0.15, -0.1) is 0 Å². The fraction of sp³-hybridized carbons (Fsp3) is 0.273. The van der Waals surface area contributed by atoms with E-state index in [-0.39, 0.29) is 6.54 Å². The van der Waals surface area contributed by atoms with Gasteiger partial charge >= 0.3 is 0 Å². The van der Waals surface area contributed by atoms with Crippen molar-refractivity contribution in [3.8, 4) is 0 Å². The van der Waals surface area contributed by atoms with Crippen LogP contribution in [0.25, 0.3) is 10.8 Å². The van der Waals surface area contributed by atoms with Crippen molar-refractivity contribution in [3.05, 3.63) is 72.3 Å². The monoisotopic (exact) mass is 397 g/mol. The molecule has 5 nitrogen and oxygen atoms in total. The van der Waals surface area contributed by atoms with Crippen LogP contribution in [0.15, 0.2) is 71.6 Å². The molecule has 1 N–H and O–H groups in total. The fourth-order valence-corrected chi connectivity index (χ4v) is 4.39. The Kier molecular flexibility index (Phi) is 6.34. The number of fused-ring (bicyclic) bond motifs is 1. The molecule has 0 atom stereocenters. The van der Waals surface area contributed by atoms with Gasteiger partial charge in [0.25, 0.3) is 0 Å². The molecule has 0 heterocycles. The lowest BCUT2D eigenvalue weighted by molar-refractivity contribution is 0.416. The molecule has 0 amide bonds. The summed E-state index contributed by atoms with van der Waals surface area (Å²) in [6.07, 6.45) is 0. The Morgan fingerprint density at radius 2 is 1.46 bits per heavy atom. The second kappa shape index (κ2) is 8.73. The quantitative estimate of drug-likeness (QED) is 0.634. The summed E-state index contributed by atoms with van der Waals surface area (Å²) < 4.78 is 28.7. The summed E-state index contributed by atoms with van der Waals surface area (Å²) in [6.45, 7) is 2.04. The largest absolute Gasteiger partial charge is 0.373 e. The number of hydrogen-bond acceptors (Lipinski definition) is 4. The first-order valence-electron chi connectivity index (χ1n) is 9.30. The van der Waals surface area contributed by atoms with E-state index >= 15 is 0 Å². The molecule has 0 saturated carbocycles. The number of hydrogen-bond donors (Lipinski definition) is 1. The third-order valence-electron chi connectivity index (χ3n) is 4.75. The zero-order chi connectivity index (χ0) is 20.1. The molecule has 0 fully saturated rings. The number of nitrogens with one attached hydrogen (secondary N) is 1. The van der Waals surface area contributed by atoms with Gasteiger partial charge in [-0.2, -0.15) is 0 Å². The summed E-state index contributed by atoms with van der Waals surface area (Å²) in [5.41, 5.74) is 1.95. The molecular formula is C22H27N3O2S. The highest BCUT2D eigenvalue weighted by Gasteiger charge is 2.18. The van der Waals surface area contributed by atoms with Crippen LogP contribution in [0.3, 0.4) is 0 Å². The highest BCUT2D eigenvalue weighted by atomic mass is 32.2. The zero-order valence-corrected chi connectivity index (χ0v) is 17.4. The predicted molar refractivity (Wildman–Crippen MR) is 116 cm³/mol. The standard InChI is InChI=1S/C22H27N3O2S/c1-24(2)15-16-25(3)21-13-7-12-20-19(21)11-8-14-22(20)28(26,27)23-17-18-9-5-4-6-10-18/h4-14,23H,15-17H2,1-3H3. The summed E-state index contributed by atoms with van der Waals surface area (Å²) in [7, 11) is 2.49. The molecule has 0 aromatic heterocycles. The van der Waals surface area contributed by atoms with Gasteiger partial charge in [-0.1, -0.05) is 54.6 Å². The van der Waals surface area contributed by atoms with Crippen LogP contribution in [-0.2, 0) is 16.6 Å². The van der Waals surface area contributed by atoms with Crippen LogP contribution in [0.2, 0.25) is 0 Å². The molecule has 148 valence electrons. The summed E-state index contributed by atoms with van der Waals surface area (Å²) in [6, 6.07) is 20.8. The lowest BCUT2D eigenvalue weighted by atomic mass is 10.1. The lowest BCUT2D eigenvalue weighted by Crippen LogP contribution is -2.28. The summed E-state index contributed by atoms with van der Waals surface area (Å²) in [5.74, 6) is 0. The van der Waals surface area contributed by atoms with Crippen molar-refractivity contribution in [1.82, 2.24) is 9.62 Å². The van der Waals surface area contributed by atoms with E-state index in [1.165, 1.54) is 0 Å². The molecule has 28 heavy (non-hydrogen) atoms. The van der Waals surface area contributed by atoms with E-state index in [2.05, 4.69) is 14.5 Å². The fourth-order valence-electron chi connectivity index (χ4n) is 3.15. The molecule has 3 aromatic carbocycles. The maximum atomic E-state index is 13.0. The third-order valence-corrected chi connectivity index (χ3v) is 6.21. The second-order valence-electron chi connectivity index (χ2n) is 7.16. The molecular weight excluding hydrogens is 370 g/mol. The Balaban J connectivity index is 1.92. The van der Waals surface area contributed by atoms with Crippen LogP contribution in [0.1, 0.15) is 5.56 Å². The van der Waals surface area contributed by atoms with Gasteiger partial charge in [0.1, 0.15) is 0 Å². The van der Waals surface area contributed by atoms with E-state index in [4.69, 9.17) is 0 Å². The van der Waals surface area contributed by atoms with Gasteiger partial charge in [0.2, 0.25) is 10.0 Å². The Labute approximate surface area is 167 Å². The molecule has 0 saturated heterocycles. The van der Waals surface area contributed by atoms with Gasteiger partial charge in [0.15, 0.2) is 0 Å². The van der Waals surface area contributed by atoms with Gasteiger partial charge in [0, 0.05) is 43.1 Å². The maximum absolute atomic E-state index is 13.0. The molecule has 0 aliphatic rings. The number of benzene rings is 3. The first-order valence-corrected chi connectivity index (χ1v) is 10.8.